The zero-order valence-corrected chi connectivity index (χ0v) is 8.92. The van der Waals surface area contributed by atoms with Crippen LogP contribution in [-0.2, 0) is 6.54 Å². The van der Waals surface area contributed by atoms with Crippen LogP contribution >= 0.6 is 0 Å². The maximum atomic E-state index is 5.38. The molecule has 0 aromatic carbocycles. The number of nitrogens with one attached hydrogen (secondary N) is 1. The van der Waals surface area contributed by atoms with E-state index in [0.717, 1.165) is 24.1 Å². The van der Waals surface area contributed by atoms with Crippen LogP contribution in [0.3, 0.4) is 0 Å². The van der Waals surface area contributed by atoms with Crippen LogP contribution in [0.5, 0.6) is 0 Å². The van der Waals surface area contributed by atoms with E-state index in [2.05, 4.69) is 17.2 Å². The predicted octanol–water partition coefficient (Wildman–Crippen LogP) is 2.26. The van der Waals surface area contributed by atoms with Gasteiger partial charge in [-0.15, -0.1) is 0 Å². The second-order valence-electron chi connectivity index (χ2n) is 4.33. The lowest BCUT2D eigenvalue weighted by Crippen LogP contribution is -2.25. The fraction of sp³-hybridized carbons (Fsp3) is 0.727. The Bertz CT molecular complexity index is 291. The molecule has 1 heterocycles. The van der Waals surface area contributed by atoms with Gasteiger partial charge in [0.15, 0.2) is 0 Å². The van der Waals surface area contributed by atoms with E-state index in [1.165, 1.54) is 19.3 Å². The molecule has 14 heavy (non-hydrogen) atoms. The van der Waals surface area contributed by atoms with Gasteiger partial charge in [-0.3, -0.25) is 0 Å². The summed E-state index contributed by atoms with van der Waals surface area (Å²) in [6.45, 7) is 4.90. The molecular weight excluding hydrogens is 176 g/mol. The van der Waals surface area contributed by atoms with Crippen molar-refractivity contribution in [3.8, 4) is 0 Å². The van der Waals surface area contributed by atoms with Gasteiger partial charge in [0, 0.05) is 6.04 Å². The highest BCUT2D eigenvalue weighted by Gasteiger charge is 2.23. The average Bonchev–Trinajstić information content (AvgIpc) is 2.85. The van der Waals surface area contributed by atoms with E-state index < -0.39 is 0 Å². The number of oxazole rings is 1. The summed E-state index contributed by atoms with van der Waals surface area (Å²) in [6, 6.07) is 0.578. The molecule has 1 saturated carbocycles. The van der Waals surface area contributed by atoms with Crippen LogP contribution in [0.2, 0.25) is 0 Å². The van der Waals surface area contributed by atoms with E-state index in [9.17, 15) is 0 Å². The Morgan fingerprint density at radius 3 is 3.00 bits per heavy atom. The van der Waals surface area contributed by atoms with Crippen molar-refractivity contribution in [1.29, 1.82) is 0 Å². The summed E-state index contributed by atoms with van der Waals surface area (Å²) in [5.41, 5.74) is 0. The summed E-state index contributed by atoms with van der Waals surface area (Å²) in [5.74, 6) is 2.66. The molecule has 1 aliphatic carbocycles. The molecule has 0 aliphatic heterocycles. The highest BCUT2D eigenvalue weighted by atomic mass is 16.4. The molecule has 1 atom stereocenters. The lowest BCUT2D eigenvalue weighted by Gasteiger charge is -2.10. The number of rotatable bonds is 5. The normalized spacial score (nSPS) is 18.4. The van der Waals surface area contributed by atoms with Crippen molar-refractivity contribution in [3.63, 3.8) is 0 Å². The summed E-state index contributed by atoms with van der Waals surface area (Å²) in [7, 11) is 0. The monoisotopic (exact) mass is 194 g/mol. The number of nitrogens with zero attached hydrogens (tertiary/aromatic N) is 1. The third-order valence-electron chi connectivity index (χ3n) is 2.65. The first-order valence-electron chi connectivity index (χ1n) is 5.38. The molecule has 78 valence electrons. The lowest BCUT2D eigenvalue weighted by atomic mass is 10.1. The Hall–Kier alpha value is -0.830. The number of aryl methyl sites for hydroxylation is 1. The Morgan fingerprint density at radius 1 is 1.64 bits per heavy atom. The predicted molar refractivity (Wildman–Crippen MR) is 54.9 cm³/mol. The van der Waals surface area contributed by atoms with Crippen LogP contribution in [0.25, 0.3) is 0 Å². The SMILES string of the molecule is Cc1cnc(CNC(C)CC2CC2)o1. The summed E-state index contributed by atoms with van der Waals surface area (Å²) < 4.78 is 5.38. The summed E-state index contributed by atoms with van der Waals surface area (Å²) in [6.07, 6.45) is 5.90. The van der Waals surface area contributed by atoms with Crippen LogP contribution in [0.4, 0.5) is 0 Å². The topological polar surface area (TPSA) is 38.1 Å². The summed E-state index contributed by atoms with van der Waals surface area (Å²) in [4.78, 5) is 4.15. The smallest absolute Gasteiger partial charge is 0.208 e. The number of hydrogen-bond acceptors (Lipinski definition) is 3. The first-order chi connectivity index (χ1) is 6.74. The molecule has 0 spiro atoms. The minimum absolute atomic E-state index is 0.578. The van der Waals surface area contributed by atoms with Crippen LogP contribution in [0.15, 0.2) is 10.6 Å². The quantitative estimate of drug-likeness (QED) is 0.781. The molecule has 3 heteroatoms. The van der Waals surface area contributed by atoms with E-state index in [1.807, 2.05) is 6.92 Å². The van der Waals surface area contributed by atoms with Gasteiger partial charge in [-0.25, -0.2) is 4.98 Å². The minimum Gasteiger partial charge on any atom is -0.445 e. The van der Waals surface area contributed by atoms with Crippen LogP contribution < -0.4 is 5.32 Å². The molecule has 1 fully saturated rings. The fourth-order valence-corrected chi connectivity index (χ4v) is 1.68. The van der Waals surface area contributed by atoms with Gasteiger partial charge in [0.25, 0.3) is 0 Å². The van der Waals surface area contributed by atoms with E-state index in [-0.39, 0.29) is 0 Å². The molecule has 0 bridgehead atoms. The molecule has 2 rings (SSSR count). The van der Waals surface area contributed by atoms with E-state index in [0.29, 0.717) is 6.04 Å². The highest BCUT2D eigenvalue weighted by molar-refractivity contribution is 4.90. The van der Waals surface area contributed by atoms with Gasteiger partial charge in [0.05, 0.1) is 12.7 Å². The first kappa shape index (κ1) is 9.71. The maximum Gasteiger partial charge on any atom is 0.208 e. The standard InChI is InChI=1S/C11H18N2O/c1-8(5-10-3-4-10)12-7-11-13-6-9(2)14-11/h6,8,10,12H,3-5,7H2,1-2H3. The highest BCUT2D eigenvalue weighted by Crippen LogP contribution is 2.33. The van der Waals surface area contributed by atoms with Gasteiger partial charge in [-0.2, -0.15) is 0 Å². The van der Waals surface area contributed by atoms with Crippen molar-refractivity contribution in [2.45, 2.75) is 45.7 Å². The van der Waals surface area contributed by atoms with Crippen molar-refractivity contribution in [2.75, 3.05) is 0 Å². The van der Waals surface area contributed by atoms with Crippen LogP contribution in [-0.4, -0.2) is 11.0 Å². The summed E-state index contributed by atoms with van der Waals surface area (Å²) >= 11 is 0. The molecule has 0 amide bonds. The maximum absolute atomic E-state index is 5.38. The van der Waals surface area contributed by atoms with Crippen LogP contribution in [0.1, 0.15) is 37.8 Å². The molecule has 3 nitrogen and oxygen atoms in total. The second-order valence-corrected chi connectivity index (χ2v) is 4.33. The van der Waals surface area contributed by atoms with Gasteiger partial charge in [0.2, 0.25) is 5.89 Å². The average molecular weight is 194 g/mol. The molecule has 1 aromatic rings. The van der Waals surface area contributed by atoms with E-state index in [4.69, 9.17) is 4.42 Å². The van der Waals surface area contributed by atoms with Crippen molar-refractivity contribution in [1.82, 2.24) is 10.3 Å². The molecule has 0 radical (unpaired) electrons. The third-order valence-corrected chi connectivity index (χ3v) is 2.65. The Balaban J connectivity index is 1.70. The first-order valence-corrected chi connectivity index (χ1v) is 5.38. The third kappa shape index (κ3) is 2.84. The van der Waals surface area contributed by atoms with Gasteiger partial charge >= 0.3 is 0 Å². The Morgan fingerprint density at radius 2 is 2.43 bits per heavy atom. The largest absolute Gasteiger partial charge is 0.445 e. The number of hydrogen-bond donors (Lipinski definition) is 1. The van der Waals surface area contributed by atoms with Gasteiger partial charge in [-0.1, -0.05) is 12.8 Å². The molecule has 1 aliphatic rings. The molecule has 1 unspecified atom stereocenters. The van der Waals surface area contributed by atoms with Crippen LogP contribution in [0, 0.1) is 12.8 Å². The zero-order chi connectivity index (χ0) is 9.97. The van der Waals surface area contributed by atoms with Gasteiger partial charge in [-0.05, 0) is 26.2 Å². The van der Waals surface area contributed by atoms with Gasteiger partial charge in [0.1, 0.15) is 5.76 Å². The lowest BCUT2D eigenvalue weighted by molar-refractivity contribution is 0.413. The van der Waals surface area contributed by atoms with E-state index in [1.54, 1.807) is 6.20 Å². The molecular formula is C11H18N2O. The Kier molecular flexibility index (Phi) is 2.87. The van der Waals surface area contributed by atoms with Gasteiger partial charge < -0.3 is 9.73 Å². The van der Waals surface area contributed by atoms with Crippen molar-refractivity contribution in [2.24, 2.45) is 5.92 Å². The molecule has 1 N–H and O–H groups in total. The number of aromatic nitrogens is 1. The fourth-order valence-electron chi connectivity index (χ4n) is 1.68. The molecule has 1 aromatic heterocycles. The second kappa shape index (κ2) is 4.13. The molecule has 0 saturated heterocycles. The van der Waals surface area contributed by atoms with Crippen molar-refractivity contribution in [3.05, 3.63) is 17.8 Å². The minimum atomic E-state index is 0.578. The van der Waals surface area contributed by atoms with Crippen molar-refractivity contribution < 1.29 is 4.42 Å². The van der Waals surface area contributed by atoms with E-state index >= 15 is 0 Å². The summed E-state index contributed by atoms with van der Waals surface area (Å²) in [5, 5.41) is 3.43. The zero-order valence-electron chi connectivity index (χ0n) is 8.92. The Labute approximate surface area is 84.9 Å². The van der Waals surface area contributed by atoms with Crippen molar-refractivity contribution >= 4 is 0 Å².